The van der Waals surface area contributed by atoms with E-state index in [4.69, 9.17) is 27.9 Å². The van der Waals surface area contributed by atoms with Gasteiger partial charge in [-0.3, -0.25) is 4.79 Å². The van der Waals surface area contributed by atoms with Gasteiger partial charge in [0.05, 0.1) is 16.7 Å². The zero-order valence-electron chi connectivity index (χ0n) is 18.8. The van der Waals surface area contributed by atoms with E-state index in [1.54, 1.807) is 17.2 Å². The van der Waals surface area contributed by atoms with E-state index < -0.39 is 10.0 Å². The molecule has 2 saturated heterocycles. The number of pyridine rings is 1. The Morgan fingerprint density at radius 3 is 2.41 bits per heavy atom. The van der Waals surface area contributed by atoms with Crippen LogP contribution in [0, 0.1) is 0 Å². The standard InChI is InChI=1S/C23H28Cl2N4O4S/c24-19-7-5-8-20(25)23(19)34(31,32)29-11-4-2-6-18(29)16-33-17-22(30)28-14-12-27(13-15-28)21-9-1-3-10-26-21/h1,3,5,7-10,18H,2,4,6,11-17H2. The maximum Gasteiger partial charge on any atom is 0.248 e. The summed E-state index contributed by atoms with van der Waals surface area (Å²) in [6, 6.07) is 10.1. The fourth-order valence-electron chi connectivity index (χ4n) is 4.40. The minimum Gasteiger partial charge on any atom is -0.370 e. The van der Waals surface area contributed by atoms with Crippen LogP contribution in [0.5, 0.6) is 0 Å². The van der Waals surface area contributed by atoms with Crippen LogP contribution in [0.15, 0.2) is 47.5 Å². The molecule has 0 saturated carbocycles. The van der Waals surface area contributed by atoms with Crippen LogP contribution in [-0.2, 0) is 19.6 Å². The fraction of sp³-hybridized carbons (Fsp3) is 0.478. The average molecular weight is 527 g/mol. The monoisotopic (exact) mass is 526 g/mol. The van der Waals surface area contributed by atoms with E-state index in [0.717, 1.165) is 18.7 Å². The molecular formula is C23H28Cl2N4O4S. The van der Waals surface area contributed by atoms with Crippen molar-refractivity contribution in [2.24, 2.45) is 0 Å². The molecule has 4 rings (SSSR count). The van der Waals surface area contributed by atoms with Crippen molar-refractivity contribution in [2.75, 3.05) is 50.8 Å². The Morgan fingerprint density at radius 1 is 1.00 bits per heavy atom. The number of anilines is 1. The van der Waals surface area contributed by atoms with Gasteiger partial charge in [0, 0.05) is 45.0 Å². The Bertz CT molecular complexity index is 1080. The predicted molar refractivity (Wildman–Crippen MR) is 132 cm³/mol. The van der Waals surface area contributed by atoms with Crippen molar-refractivity contribution in [3.63, 3.8) is 0 Å². The zero-order chi connectivity index (χ0) is 24.1. The molecule has 3 heterocycles. The van der Waals surface area contributed by atoms with Gasteiger partial charge in [-0.15, -0.1) is 0 Å². The molecule has 1 aromatic carbocycles. The number of halogens is 2. The second-order valence-corrected chi connectivity index (χ2v) is 11.0. The molecule has 0 radical (unpaired) electrons. The molecule has 1 amide bonds. The summed E-state index contributed by atoms with van der Waals surface area (Å²) < 4.78 is 33.8. The molecule has 184 valence electrons. The number of ether oxygens (including phenoxy) is 1. The highest BCUT2D eigenvalue weighted by Crippen LogP contribution is 2.34. The van der Waals surface area contributed by atoms with Gasteiger partial charge in [0.25, 0.3) is 0 Å². The van der Waals surface area contributed by atoms with Crippen molar-refractivity contribution in [3.05, 3.63) is 52.6 Å². The van der Waals surface area contributed by atoms with Gasteiger partial charge in [0.1, 0.15) is 17.3 Å². The van der Waals surface area contributed by atoms with Gasteiger partial charge in [0.15, 0.2) is 0 Å². The van der Waals surface area contributed by atoms with Gasteiger partial charge < -0.3 is 14.5 Å². The molecule has 2 aliphatic rings. The van der Waals surface area contributed by atoms with E-state index in [0.29, 0.717) is 39.1 Å². The SMILES string of the molecule is O=C(COCC1CCCCN1S(=O)(=O)c1c(Cl)cccc1Cl)N1CCN(c2ccccn2)CC1. The average Bonchev–Trinajstić information content (AvgIpc) is 2.84. The van der Waals surface area contributed by atoms with E-state index in [2.05, 4.69) is 9.88 Å². The largest absolute Gasteiger partial charge is 0.370 e. The smallest absolute Gasteiger partial charge is 0.248 e. The summed E-state index contributed by atoms with van der Waals surface area (Å²) in [4.78, 5) is 20.9. The number of hydrogen-bond donors (Lipinski definition) is 0. The second kappa shape index (κ2) is 11.2. The number of carbonyl (C=O) groups is 1. The fourth-order valence-corrected chi connectivity index (χ4v) is 7.18. The Hall–Kier alpha value is -1.91. The van der Waals surface area contributed by atoms with Crippen molar-refractivity contribution in [3.8, 4) is 0 Å². The molecule has 1 unspecified atom stereocenters. The number of benzene rings is 1. The lowest BCUT2D eigenvalue weighted by Crippen LogP contribution is -2.50. The maximum absolute atomic E-state index is 13.3. The van der Waals surface area contributed by atoms with Crippen molar-refractivity contribution in [2.45, 2.75) is 30.2 Å². The minimum atomic E-state index is -3.89. The number of rotatable bonds is 7. The highest BCUT2D eigenvalue weighted by Gasteiger charge is 2.36. The number of sulfonamides is 1. The van der Waals surface area contributed by atoms with Crippen LogP contribution in [0.4, 0.5) is 5.82 Å². The van der Waals surface area contributed by atoms with Crippen molar-refractivity contribution in [1.29, 1.82) is 0 Å². The molecule has 2 aromatic rings. The summed E-state index contributed by atoms with van der Waals surface area (Å²) in [5.74, 6) is 0.808. The summed E-state index contributed by atoms with van der Waals surface area (Å²) in [6.07, 6.45) is 4.05. The first-order valence-electron chi connectivity index (χ1n) is 11.4. The first kappa shape index (κ1) is 25.2. The van der Waals surface area contributed by atoms with Crippen LogP contribution in [0.25, 0.3) is 0 Å². The van der Waals surface area contributed by atoms with Gasteiger partial charge in [0.2, 0.25) is 15.9 Å². The minimum absolute atomic E-state index is 0.0768. The van der Waals surface area contributed by atoms with Gasteiger partial charge in [-0.2, -0.15) is 4.31 Å². The third-order valence-electron chi connectivity index (χ3n) is 6.20. The van der Waals surface area contributed by atoms with Crippen LogP contribution in [-0.4, -0.2) is 80.5 Å². The molecule has 11 heteroatoms. The summed E-state index contributed by atoms with van der Waals surface area (Å²) in [7, 11) is -3.89. The molecule has 34 heavy (non-hydrogen) atoms. The van der Waals surface area contributed by atoms with Crippen LogP contribution < -0.4 is 4.90 Å². The molecule has 0 N–H and O–H groups in total. The van der Waals surface area contributed by atoms with Crippen molar-refractivity contribution < 1.29 is 17.9 Å². The van der Waals surface area contributed by atoms with E-state index >= 15 is 0 Å². The van der Waals surface area contributed by atoms with E-state index in [9.17, 15) is 13.2 Å². The molecule has 0 spiro atoms. The molecule has 1 atom stereocenters. The highest BCUT2D eigenvalue weighted by molar-refractivity contribution is 7.89. The Kier molecular flexibility index (Phi) is 8.31. The summed E-state index contributed by atoms with van der Waals surface area (Å²) >= 11 is 12.4. The molecule has 0 aliphatic carbocycles. The Morgan fingerprint density at radius 2 is 1.74 bits per heavy atom. The molecular weight excluding hydrogens is 499 g/mol. The first-order valence-corrected chi connectivity index (χ1v) is 13.5. The summed E-state index contributed by atoms with van der Waals surface area (Å²) in [6.45, 7) is 3.01. The Labute approximate surface area is 210 Å². The highest BCUT2D eigenvalue weighted by atomic mass is 35.5. The zero-order valence-corrected chi connectivity index (χ0v) is 21.1. The first-order chi connectivity index (χ1) is 16.4. The van der Waals surface area contributed by atoms with E-state index in [1.165, 1.54) is 16.4 Å². The number of hydrogen-bond acceptors (Lipinski definition) is 6. The normalized spacial score (nSPS) is 19.9. The number of nitrogens with zero attached hydrogens (tertiary/aromatic N) is 4. The topological polar surface area (TPSA) is 83.0 Å². The number of amides is 1. The lowest BCUT2D eigenvalue weighted by molar-refractivity contribution is -0.137. The maximum atomic E-state index is 13.3. The summed E-state index contributed by atoms with van der Waals surface area (Å²) in [5.41, 5.74) is 0. The van der Waals surface area contributed by atoms with Crippen molar-refractivity contribution >= 4 is 45.0 Å². The quantitative estimate of drug-likeness (QED) is 0.550. The second-order valence-electron chi connectivity index (χ2n) is 8.39. The molecule has 0 bridgehead atoms. The number of piperidine rings is 1. The third kappa shape index (κ3) is 5.66. The van der Waals surface area contributed by atoms with Crippen LogP contribution in [0.2, 0.25) is 10.0 Å². The third-order valence-corrected chi connectivity index (χ3v) is 9.11. The number of piperazine rings is 1. The summed E-state index contributed by atoms with van der Waals surface area (Å²) in [5, 5.41) is 0.190. The molecule has 1 aromatic heterocycles. The lowest BCUT2D eigenvalue weighted by Gasteiger charge is -2.36. The van der Waals surface area contributed by atoms with E-state index in [-0.39, 0.29) is 40.1 Å². The van der Waals surface area contributed by atoms with Gasteiger partial charge in [-0.25, -0.2) is 13.4 Å². The predicted octanol–water partition coefficient (Wildman–Crippen LogP) is 3.30. The molecule has 8 nitrogen and oxygen atoms in total. The van der Waals surface area contributed by atoms with Crippen LogP contribution in [0.1, 0.15) is 19.3 Å². The molecule has 2 fully saturated rings. The lowest BCUT2D eigenvalue weighted by atomic mass is 10.1. The Balaban J connectivity index is 1.31. The number of carbonyl (C=O) groups excluding carboxylic acids is 1. The van der Waals surface area contributed by atoms with Crippen LogP contribution >= 0.6 is 23.2 Å². The van der Waals surface area contributed by atoms with Gasteiger partial charge >= 0.3 is 0 Å². The van der Waals surface area contributed by atoms with Crippen molar-refractivity contribution in [1.82, 2.24) is 14.2 Å². The molecule has 2 aliphatic heterocycles. The van der Waals surface area contributed by atoms with Gasteiger partial charge in [-0.1, -0.05) is 41.8 Å². The number of aromatic nitrogens is 1. The van der Waals surface area contributed by atoms with Crippen LogP contribution in [0.3, 0.4) is 0 Å². The van der Waals surface area contributed by atoms with Gasteiger partial charge in [-0.05, 0) is 37.1 Å². The van der Waals surface area contributed by atoms with E-state index in [1.807, 2.05) is 18.2 Å².